The van der Waals surface area contributed by atoms with Gasteiger partial charge < -0.3 is 0 Å². The van der Waals surface area contributed by atoms with Crippen LogP contribution >= 0.6 is 11.6 Å². The van der Waals surface area contributed by atoms with Crippen LogP contribution in [0.2, 0.25) is 5.02 Å². The number of carbonyl (C=O) groups excluding carboxylic acids is 1. The Morgan fingerprint density at radius 1 is 1.62 bits per heavy atom. The van der Waals surface area contributed by atoms with E-state index in [0.29, 0.717) is 10.6 Å². The first-order valence-corrected chi connectivity index (χ1v) is 4.22. The van der Waals surface area contributed by atoms with Gasteiger partial charge in [0.1, 0.15) is 5.92 Å². The fraction of sp³-hybridized carbons (Fsp3) is 0.200. The normalized spacial score (nSPS) is 11.8. The highest BCUT2D eigenvalue weighted by Gasteiger charge is 2.13. The molecular formula is C10H8ClNO. The second kappa shape index (κ2) is 4.06. The Labute approximate surface area is 81.7 Å². The lowest BCUT2D eigenvalue weighted by molar-refractivity contribution is 0.0956. The van der Waals surface area contributed by atoms with E-state index in [1.165, 1.54) is 0 Å². The Bertz CT molecular complexity index is 367. The van der Waals surface area contributed by atoms with Crippen molar-refractivity contribution in [3.8, 4) is 6.07 Å². The smallest absolute Gasteiger partial charge is 0.179 e. The van der Waals surface area contributed by atoms with Crippen molar-refractivity contribution in [3.05, 3.63) is 34.9 Å². The molecule has 2 nitrogen and oxygen atoms in total. The zero-order valence-corrected chi connectivity index (χ0v) is 7.88. The molecule has 0 N–H and O–H groups in total. The van der Waals surface area contributed by atoms with Gasteiger partial charge in [0.25, 0.3) is 0 Å². The number of ketones is 1. The van der Waals surface area contributed by atoms with Gasteiger partial charge in [-0.15, -0.1) is 0 Å². The number of carbonyl (C=O) groups is 1. The van der Waals surface area contributed by atoms with E-state index in [-0.39, 0.29) is 5.78 Å². The molecule has 0 aliphatic carbocycles. The van der Waals surface area contributed by atoms with E-state index in [2.05, 4.69) is 0 Å². The third kappa shape index (κ3) is 2.30. The van der Waals surface area contributed by atoms with Crippen molar-refractivity contribution >= 4 is 17.4 Å². The van der Waals surface area contributed by atoms with Crippen LogP contribution in [-0.2, 0) is 0 Å². The molecule has 0 saturated heterocycles. The minimum atomic E-state index is -0.613. The number of hydrogen-bond donors (Lipinski definition) is 0. The van der Waals surface area contributed by atoms with Crippen LogP contribution in [0.3, 0.4) is 0 Å². The summed E-state index contributed by atoms with van der Waals surface area (Å²) in [5.74, 6) is -0.802. The maximum absolute atomic E-state index is 11.4. The van der Waals surface area contributed by atoms with Crippen LogP contribution in [0.4, 0.5) is 0 Å². The lowest BCUT2D eigenvalue weighted by Crippen LogP contribution is -2.08. The minimum Gasteiger partial charge on any atom is -0.293 e. The van der Waals surface area contributed by atoms with E-state index in [0.717, 1.165) is 0 Å². The zero-order valence-electron chi connectivity index (χ0n) is 7.12. The molecule has 0 aliphatic rings. The predicted molar refractivity (Wildman–Crippen MR) is 50.6 cm³/mol. The number of benzene rings is 1. The van der Waals surface area contributed by atoms with Gasteiger partial charge in [0.05, 0.1) is 6.07 Å². The Hall–Kier alpha value is -1.33. The van der Waals surface area contributed by atoms with Crippen LogP contribution in [0.15, 0.2) is 24.3 Å². The predicted octanol–water partition coefficient (Wildman–Crippen LogP) is 2.68. The Morgan fingerprint density at radius 3 is 2.85 bits per heavy atom. The largest absolute Gasteiger partial charge is 0.293 e. The van der Waals surface area contributed by atoms with Crippen LogP contribution in [-0.4, -0.2) is 5.78 Å². The Balaban J connectivity index is 2.97. The van der Waals surface area contributed by atoms with Gasteiger partial charge in [0.2, 0.25) is 0 Å². The number of hydrogen-bond acceptors (Lipinski definition) is 2. The van der Waals surface area contributed by atoms with Gasteiger partial charge in [-0.05, 0) is 19.1 Å². The molecule has 1 atom stereocenters. The van der Waals surface area contributed by atoms with Crippen molar-refractivity contribution in [2.75, 3.05) is 0 Å². The first-order valence-electron chi connectivity index (χ1n) is 3.84. The third-order valence-electron chi connectivity index (χ3n) is 1.70. The molecule has 0 heterocycles. The van der Waals surface area contributed by atoms with E-state index in [4.69, 9.17) is 16.9 Å². The second-order valence-electron chi connectivity index (χ2n) is 2.73. The summed E-state index contributed by atoms with van der Waals surface area (Å²) in [4.78, 5) is 11.4. The maximum atomic E-state index is 11.4. The summed E-state index contributed by atoms with van der Waals surface area (Å²) in [5.41, 5.74) is 0.488. The Kier molecular flexibility index (Phi) is 3.05. The molecule has 3 heteroatoms. The van der Waals surface area contributed by atoms with Crippen molar-refractivity contribution in [2.24, 2.45) is 5.92 Å². The molecular weight excluding hydrogens is 186 g/mol. The molecule has 0 spiro atoms. The highest BCUT2D eigenvalue weighted by molar-refractivity contribution is 6.31. The Morgan fingerprint density at radius 2 is 2.31 bits per heavy atom. The summed E-state index contributed by atoms with van der Waals surface area (Å²) in [6, 6.07) is 8.50. The van der Waals surface area contributed by atoms with Gasteiger partial charge >= 0.3 is 0 Å². The van der Waals surface area contributed by atoms with E-state index in [1.807, 2.05) is 6.07 Å². The van der Waals surface area contributed by atoms with Crippen molar-refractivity contribution in [1.82, 2.24) is 0 Å². The standard InChI is InChI=1S/C10H8ClNO/c1-7(6-12)10(13)8-3-2-4-9(11)5-8/h2-5,7H,1H3. The fourth-order valence-electron chi connectivity index (χ4n) is 0.950. The van der Waals surface area contributed by atoms with E-state index < -0.39 is 5.92 Å². The number of rotatable bonds is 2. The molecule has 1 rings (SSSR count). The molecule has 1 unspecified atom stereocenters. The summed E-state index contributed by atoms with van der Waals surface area (Å²) in [6.07, 6.45) is 0. The van der Waals surface area contributed by atoms with Crippen LogP contribution < -0.4 is 0 Å². The zero-order chi connectivity index (χ0) is 9.84. The maximum Gasteiger partial charge on any atom is 0.179 e. The van der Waals surface area contributed by atoms with Gasteiger partial charge in [0, 0.05) is 10.6 Å². The van der Waals surface area contributed by atoms with Gasteiger partial charge in [-0.1, -0.05) is 23.7 Å². The molecule has 13 heavy (non-hydrogen) atoms. The summed E-state index contributed by atoms with van der Waals surface area (Å²) in [5, 5.41) is 9.04. The van der Waals surface area contributed by atoms with Gasteiger partial charge in [0.15, 0.2) is 5.78 Å². The molecule has 1 aromatic carbocycles. The molecule has 1 aromatic rings. The number of nitriles is 1. The topological polar surface area (TPSA) is 40.9 Å². The molecule has 0 saturated carbocycles. The van der Waals surface area contributed by atoms with Crippen molar-refractivity contribution in [1.29, 1.82) is 5.26 Å². The second-order valence-corrected chi connectivity index (χ2v) is 3.16. The van der Waals surface area contributed by atoms with Crippen molar-refractivity contribution < 1.29 is 4.79 Å². The molecule has 66 valence electrons. The summed E-state index contributed by atoms with van der Waals surface area (Å²) < 4.78 is 0. The monoisotopic (exact) mass is 193 g/mol. The first-order chi connectivity index (χ1) is 6.15. The highest BCUT2D eigenvalue weighted by atomic mass is 35.5. The van der Waals surface area contributed by atoms with Gasteiger partial charge in [-0.25, -0.2) is 0 Å². The molecule has 0 aromatic heterocycles. The summed E-state index contributed by atoms with van der Waals surface area (Å²) in [7, 11) is 0. The van der Waals surface area contributed by atoms with Crippen LogP contribution in [0, 0.1) is 17.2 Å². The number of Topliss-reactive ketones (excluding diaryl/α,β-unsaturated/α-hetero) is 1. The SMILES string of the molecule is CC(C#N)C(=O)c1cccc(Cl)c1. The quantitative estimate of drug-likeness (QED) is 0.678. The molecule has 0 bridgehead atoms. The lowest BCUT2D eigenvalue weighted by Gasteiger charge is -2.01. The molecule has 0 fully saturated rings. The minimum absolute atomic E-state index is 0.190. The molecule has 0 radical (unpaired) electrons. The lowest BCUT2D eigenvalue weighted by atomic mass is 10.0. The van der Waals surface area contributed by atoms with Crippen molar-refractivity contribution in [3.63, 3.8) is 0 Å². The van der Waals surface area contributed by atoms with Crippen LogP contribution in [0.1, 0.15) is 17.3 Å². The summed E-state index contributed by atoms with van der Waals surface area (Å²) in [6.45, 7) is 1.57. The molecule has 0 amide bonds. The van der Waals surface area contributed by atoms with Gasteiger partial charge in [-0.3, -0.25) is 4.79 Å². The number of halogens is 1. The van der Waals surface area contributed by atoms with E-state index in [9.17, 15) is 4.79 Å². The number of nitrogens with zero attached hydrogens (tertiary/aromatic N) is 1. The van der Waals surface area contributed by atoms with Crippen LogP contribution in [0.25, 0.3) is 0 Å². The third-order valence-corrected chi connectivity index (χ3v) is 1.93. The average molecular weight is 194 g/mol. The van der Waals surface area contributed by atoms with E-state index in [1.54, 1.807) is 31.2 Å². The van der Waals surface area contributed by atoms with E-state index >= 15 is 0 Å². The highest BCUT2D eigenvalue weighted by Crippen LogP contribution is 2.14. The van der Waals surface area contributed by atoms with Crippen LogP contribution in [0.5, 0.6) is 0 Å². The van der Waals surface area contributed by atoms with Crippen molar-refractivity contribution in [2.45, 2.75) is 6.92 Å². The first kappa shape index (κ1) is 9.76. The average Bonchev–Trinajstić information content (AvgIpc) is 2.15. The van der Waals surface area contributed by atoms with Gasteiger partial charge in [-0.2, -0.15) is 5.26 Å². The molecule has 0 aliphatic heterocycles. The fourth-order valence-corrected chi connectivity index (χ4v) is 1.14. The summed E-state index contributed by atoms with van der Waals surface area (Å²) >= 11 is 5.70.